The van der Waals surface area contributed by atoms with Gasteiger partial charge in [0.1, 0.15) is 0 Å². The van der Waals surface area contributed by atoms with E-state index in [4.69, 9.17) is 0 Å². The second-order valence-corrected chi connectivity index (χ2v) is 6.35. The van der Waals surface area contributed by atoms with E-state index in [2.05, 4.69) is 29.0 Å². The summed E-state index contributed by atoms with van der Waals surface area (Å²) in [6.07, 6.45) is 1.06. The summed E-state index contributed by atoms with van der Waals surface area (Å²) in [5.41, 5.74) is 0.439. The molecule has 2 heterocycles. The monoisotopic (exact) mass is 241 g/mol. The average Bonchev–Trinajstić information content (AvgIpc) is 2.59. The first-order valence-electron chi connectivity index (χ1n) is 6.89. The number of aliphatic hydroxyl groups is 1. The number of β-amino-alcohol motifs (C(OH)–C–C–N with tert-alkyl or cyclic N) is 1. The second kappa shape index (κ2) is 5.65. The molecule has 0 aliphatic carbocycles. The van der Waals surface area contributed by atoms with Crippen LogP contribution < -0.4 is 5.32 Å². The molecule has 17 heavy (non-hydrogen) atoms. The van der Waals surface area contributed by atoms with E-state index in [1.807, 2.05) is 0 Å². The Kier molecular flexibility index (Phi) is 4.42. The molecule has 0 amide bonds. The third-order valence-corrected chi connectivity index (χ3v) is 3.90. The first kappa shape index (κ1) is 13.3. The lowest BCUT2D eigenvalue weighted by atomic mass is 9.93. The van der Waals surface area contributed by atoms with Crippen molar-refractivity contribution in [1.29, 1.82) is 0 Å². The number of rotatable bonds is 4. The number of nitrogens with zero attached hydrogens (tertiary/aromatic N) is 2. The smallest absolute Gasteiger partial charge is 0.0793 e. The highest BCUT2D eigenvalue weighted by atomic mass is 16.3. The Morgan fingerprint density at radius 2 is 1.76 bits per heavy atom. The van der Waals surface area contributed by atoms with Crippen LogP contribution in [-0.2, 0) is 0 Å². The van der Waals surface area contributed by atoms with Gasteiger partial charge in [0.25, 0.3) is 0 Å². The van der Waals surface area contributed by atoms with Crippen molar-refractivity contribution < 1.29 is 5.11 Å². The van der Waals surface area contributed by atoms with Crippen LogP contribution in [0.25, 0.3) is 0 Å². The molecule has 0 saturated carbocycles. The van der Waals surface area contributed by atoms with Crippen molar-refractivity contribution >= 4 is 0 Å². The molecule has 0 radical (unpaired) electrons. The summed E-state index contributed by atoms with van der Waals surface area (Å²) in [5.74, 6) is 0. The Morgan fingerprint density at radius 3 is 2.35 bits per heavy atom. The Balaban J connectivity index is 1.68. The van der Waals surface area contributed by atoms with Crippen molar-refractivity contribution in [2.75, 3.05) is 52.4 Å². The van der Waals surface area contributed by atoms with Gasteiger partial charge in [0.15, 0.2) is 0 Å². The third kappa shape index (κ3) is 4.21. The van der Waals surface area contributed by atoms with E-state index >= 15 is 0 Å². The van der Waals surface area contributed by atoms with Crippen molar-refractivity contribution in [3.63, 3.8) is 0 Å². The maximum atomic E-state index is 10.1. The van der Waals surface area contributed by atoms with Gasteiger partial charge in [-0.25, -0.2) is 0 Å². The molecule has 0 aromatic rings. The normalized spacial score (nSPS) is 28.4. The number of nitrogens with one attached hydrogen (secondary N) is 1. The minimum atomic E-state index is -0.193. The van der Waals surface area contributed by atoms with Gasteiger partial charge < -0.3 is 15.3 Å². The van der Waals surface area contributed by atoms with Gasteiger partial charge in [-0.05, 0) is 18.4 Å². The molecule has 0 aromatic heterocycles. The summed E-state index contributed by atoms with van der Waals surface area (Å²) >= 11 is 0. The van der Waals surface area contributed by atoms with Gasteiger partial charge in [0.05, 0.1) is 6.10 Å². The fourth-order valence-electron chi connectivity index (χ4n) is 2.93. The molecule has 1 unspecified atom stereocenters. The van der Waals surface area contributed by atoms with Gasteiger partial charge in [-0.15, -0.1) is 0 Å². The van der Waals surface area contributed by atoms with E-state index in [0.717, 1.165) is 52.4 Å². The lowest BCUT2D eigenvalue weighted by molar-refractivity contribution is 0.0739. The zero-order valence-electron chi connectivity index (χ0n) is 11.3. The minimum Gasteiger partial charge on any atom is -0.390 e. The fraction of sp³-hybridized carbons (Fsp3) is 1.00. The van der Waals surface area contributed by atoms with Crippen molar-refractivity contribution in [1.82, 2.24) is 15.1 Å². The maximum Gasteiger partial charge on any atom is 0.0793 e. The SMILES string of the molecule is CC1(C)CCN(CC(O)CN2CCNCC2)C1. The largest absolute Gasteiger partial charge is 0.390 e. The summed E-state index contributed by atoms with van der Waals surface area (Å²) in [7, 11) is 0. The molecule has 4 heteroatoms. The molecule has 2 N–H and O–H groups in total. The first-order chi connectivity index (χ1) is 8.05. The topological polar surface area (TPSA) is 38.7 Å². The van der Waals surface area contributed by atoms with Crippen LogP contribution >= 0.6 is 0 Å². The number of hydrogen-bond acceptors (Lipinski definition) is 4. The quantitative estimate of drug-likeness (QED) is 0.726. The van der Waals surface area contributed by atoms with Gasteiger partial charge in [0, 0.05) is 45.8 Å². The zero-order chi connectivity index (χ0) is 12.3. The molecule has 2 saturated heterocycles. The summed E-state index contributed by atoms with van der Waals surface area (Å²) in [5, 5.41) is 13.5. The highest BCUT2D eigenvalue weighted by Gasteiger charge is 2.30. The molecule has 2 fully saturated rings. The zero-order valence-corrected chi connectivity index (χ0v) is 11.3. The van der Waals surface area contributed by atoms with Crippen LogP contribution in [0.2, 0.25) is 0 Å². The van der Waals surface area contributed by atoms with Crippen molar-refractivity contribution in [3.05, 3.63) is 0 Å². The van der Waals surface area contributed by atoms with Crippen LogP contribution in [0.4, 0.5) is 0 Å². The van der Waals surface area contributed by atoms with E-state index in [-0.39, 0.29) is 6.10 Å². The molecule has 100 valence electrons. The summed E-state index contributed by atoms with van der Waals surface area (Å²) in [6.45, 7) is 12.8. The predicted molar refractivity (Wildman–Crippen MR) is 70.2 cm³/mol. The van der Waals surface area contributed by atoms with E-state index in [0.29, 0.717) is 5.41 Å². The molecule has 2 rings (SSSR count). The highest BCUT2D eigenvalue weighted by molar-refractivity contribution is 4.84. The van der Waals surface area contributed by atoms with Gasteiger partial charge in [0.2, 0.25) is 0 Å². The van der Waals surface area contributed by atoms with Crippen molar-refractivity contribution in [3.8, 4) is 0 Å². The second-order valence-electron chi connectivity index (χ2n) is 6.35. The molecule has 1 atom stereocenters. The highest BCUT2D eigenvalue weighted by Crippen LogP contribution is 2.28. The van der Waals surface area contributed by atoms with E-state index in [1.165, 1.54) is 6.42 Å². The van der Waals surface area contributed by atoms with Crippen LogP contribution in [-0.4, -0.2) is 73.4 Å². The maximum absolute atomic E-state index is 10.1. The van der Waals surface area contributed by atoms with E-state index in [1.54, 1.807) is 0 Å². The van der Waals surface area contributed by atoms with Gasteiger partial charge >= 0.3 is 0 Å². The van der Waals surface area contributed by atoms with Gasteiger partial charge in [-0.1, -0.05) is 13.8 Å². The molecule has 0 aromatic carbocycles. The number of aliphatic hydroxyl groups excluding tert-OH is 1. The van der Waals surface area contributed by atoms with Crippen LogP contribution in [0, 0.1) is 5.41 Å². The van der Waals surface area contributed by atoms with Gasteiger partial charge in [-0.2, -0.15) is 0 Å². The standard InChI is InChI=1S/C13H27N3O/c1-13(2)3-6-16(11-13)10-12(17)9-15-7-4-14-5-8-15/h12,14,17H,3-11H2,1-2H3. The summed E-state index contributed by atoms with van der Waals surface area (Å²) in [6, 6.07) is 0. The molecular formula is C13H27N3O. The van der Waals surface area contributed by atoms with Crippen LogP contribution in [0.3, 0.4) is 0 Å². The lowest BCUT2D eigenvalue weighted by Gasteiger charge is -2.30. The Bertz CT molecular complexity index is 239. The molecule has 0 spiro atoms. The molecular weight excluding hydrogens is 214 g/mol. The van der Waals surface area contributed by atoms with E-state index in [9.17, 15) is 5.11 Å². The molecule has 2 aliphatic rings. The van der Waals surface area contributed by atoms with Crippen molar-refractivity contribution in [2.24, 2.45) is 5.41 Å². The molecule has 4 nitrogen and oxygen atoms in total. The lowest BCUT2D eigenvalue weighted by Crippen LogP contribution is -2.48. The summed E-state index contributed by atoms with van der Waals surface area (Å²) in [4.78, 5) is 4.77. The summed E-state index contributed by atoms with van der Waals surface area (Å²) < 4.78 is 0. The van der Waals surface area contributed by atoms with Crippen LogP contribution in [0.1, 0.15) is 20.3 Å². The van der Waals surface area contributed by atoms with Crippen LogP contribution in [0.5, 0.6) is 0 Å². The number of piperazine rings is 1. The predicted octanol–water partition coefficient (Wildman–Crippen LogP) is -0.0156. The number of likely N-dealkylation sites (tertiary alicyclic amines) is 1. The van der Waals surface area contributed by atoms with Gasteiger partial charge in [-0.3, -0.25) is 4.90 Å². The third-order valence-electron chi connectivity index (χ3n) is 3.90. The molecule has 2 aliphatic heterocycles. The first-order valence-corrected chi connectivity index (χ1v) is 6.89. The Hall–Kier alpha value is -0.160. The number of hydrogen-bond donors (Lipinski definition) is 2. The Morgan fingerprint density at radius 1 is 1.12 bits per heavy atom. The van der Waals surface area contributed by atoms with E-state index < -0.39 is 0 Å². The fourth-order valence-corrected chi connectivity index (χ4v) is 2.93. The van der Waals surface area contributed by atoms with Crippen LogP contribution in [0.15, 0.2) is 0 Å². The minimum absolute atomic E-state index is 0.193. The Labute approximate surface area is 105 Å². The van der Waals surface area contributed by atoms with Crippen molar-refractivity contribution in [2.45, 2.75) is 26.4 Å². The average molecular weight is 241 g/mol. The molecule has 0 bridgehead atoms.